The van der Waals surface area contributed by atoms with E-state index in [1.165, 1.54) is 7.11 Å². The van der Waals surface area contributed by atoms with Gasteiger partial charge in [0.2, 0.25) is 10.0 Å². The van der Waals surface area contributed by atoms with E-state index in [2.05, 4.69) is 4.72 Å². The summed E-state index contributed by atoms with van der Waals surface area (Å²) in [5.74, 6) is 0. The lowest BCUT2D eigenvalue weighted by Crippen LogP contribution is -2.44. The highest BCUT2D eigenvalue weighted by atomic mass is 32.3. The minimum atomic E-state index is -3.87. The highest BCUT2D eigenvalue weighted by Crippen LogP contribution is 1.94. The fourth-order valence-electron chi connectivity index (χ4n) is 0.921. The van der Waals surface area contributed by atoms with Gasteiger partial charge in [-0.3, -0.25) is 0 Å². The predicted octanol–water partition coefficient (Wildman–Crippen LogP) is -2.12. The van der Waals surface area contributed by atoms with Crippen LogP contribution in [0.4, 0.5) is 0 Å². The molecule has 0 bridgehead atoms. The van der Waals surface area contributed by atoms with Crippen molar-refractivity contribution in [1.29, 1.82) is 0 Å². The van der Waals surface area contributed by atoms with Crippen LogP contribution < -0.4 is 10.5 Å². The van der Waals surface area contributed by atoms with E-state index in [0.717, 1.165) is 6.26 Å². The summed E-state index contributed by atoms with van der Waals surface area (Å²) in [6.07, 6.45) is 0.847. The first-order chi connectivity index (χ1) is 6.70. The summed E-state index contributed by atoms with van der Waals surface area (Å²) in [6, 6.07) is -0.609. The van der Waals surface area contributed by atoms with Crippen molar-refractivity contribution >= 4 is 19.9 Å². The third kappa shape index (κ3) is 7.68. The van der Waals surface area contributed by atoms with Crippen LogP contribution in [0.3, 0.4) is 0 Å². The summed E-state index contributed by atoms with van der Waals surface area (Å²) in [5, 5.41) is -0.944. The first-order valence-corrected chi connectivity index (χ1v) is 7.78. The molecule has 0 aliphatic carbocycles. The van der Waals surface area contributed by atoms with Gasteiger partial charge in [-0.1, -0.05) is 0 Å². The molecule has 15 heavy (non-hydrogen) atoms. The van der Waals surface area contributed by atoms with Crippen molar-refractivity contribution in [1.82, 2.24) is 4.72 Å². The summed E-state index contributed by atoms with van der Waals surface area (Å²) >= 11 is 0. The number of nitrogens with two attached hydrogens (primary N) is 1. The SMILES string of the molecule is COCC(CN)NS(=O)(=O)CS(C)(=O)=O. The molecule has 0 aliphatic heterocycles. The van der Waals surface area contributed by atoms with Crippen LogP contribution in [0.2, 0.25) is 0 Å². The standard InChI is InChI=1S/C6H16N2O5S2/c1-13-4-6(3-7)8-15(11,12)5-14(2,9)10/h6,8H,3-5,7H2,1-2H3. The van der Waals surface area contributed by atoms with Crippen LogP contribution in [0.5, 0.6) is 0 Å². The van der Waals surface area contributed by atoms with E-state index < -0.39 is 31.0 Å². The number of methoxy groups -OCH3 is 1. The average molecular weight is 260 g/mol. The lowest BCUT2D eigenvalue weighted by atomic mass is 10.3. The molecule has 0 heterocycles. The van der Waals surface area contributed by atoms with E-state index in [1.54, 1.807) is 0 Å². The fraction of sp³-hybridized carbons (Fsp3) is 1.00. The molecular formula is C6H16N2O5S2. The molecule has 0 radical (unpaired) electrons. The molecule has 1 atom stereocenters. The third-order valence-corrected chi connectivity index (χ3v) is 5.01. The normalized spacial score (nSPS) is 15.1. The molecule has 0 fully saturated rings. The van der Waals surface area contributed by atoms with Crippen LogP contribution in [0, 0.1) is 0 Å². The topological polar surface area (TPSA) is 116 Å². The van der Waals surface area contributed by atoms with Crippen LogP contribution in [0.25, 0.3) is 0 Å². The predicted molar refractivity (Wildman–Crippen MR) is 56.5 cm³/mol. The Bertz CT molecular complexity index is 374. The average Bonchev–Trinajstić information content (AvgIpc) is 1.98. The minimum absolute atomic E-state index is 0.0385. The Labute approximate surface area is 90.0 Å². The minimum Gasteiger partial charge on any atom is -0.383 e. The molecule has 1 unspecified atom stereocenters. The Balaban J connectivity index is 4.49. The molecule has 92 valence electrons. The van der Waals surface area contributed by atoms with Gasteiger partial charge in [-0.15, -0.1) is 0 Å². The Kier molecular flexibility index (Phi) is 5.67. The molecular weight excluding hydrogens is 244 g/mol. The quantitative estimate of drug-likeness (QED) is 0.541. The van der Waals surface area contributed by atoms with Crippen LogP contribution in [0.15, 0.2) is 0 Å². The molecule has 3 N–H and O–H groups in total. The van der Waals surface area contributed by atoms with Gasteiger partial charge in [-0.2, -0.15) is 0 Å². The molecule has 0 aromatic heterocycles. The van der Waals surface area contributed by atoms with E-state index in [4.69, 9.17) is 10.5 Å². The molecule has 7 nitrogen and oxygen atoms in total. The maximum atomic E-state index is 11.3. The number of sulfone groups is 1. The lowest BCUT2D eigenvalue weighted by molar-refractivity contribution is 0.177. The summed E-state index contributed by atoms with van der Waals surface area (Å²) < 4.78 is 51.0. The molecule has 0 rings (SSSR count). The maximum Gasteiger partial charge on any atom is 0.226 e. The van der Waals surface area contributed by atoms with E-state index in [1.807, 2.05) is 0 Å². The van der Waals surface area contributed by atoms with Gasteiger partial charge in [0.25, 0.3) is 0 Å². The lowest BCUT2D eigenvalue weighted by Gasteiger charge is -2.15. The summed E-state index contributed by atoms with van der Waals surface area (Å²) in [5.41, 5.74) is 5.27. The Morgan fingerprint density at radius 2 is 1.87 bits per heavy atom. The monoisotopic (exact) mass is 260 g/mol. The summed E-state index contributed by atoms with van der Waals surface area (Å²) in [4.78, 5) is 0. The van der Waals surface area contributed by atoms with Gasteiger partial charge in [0, 0.05) is 19.9 Å². The van der Waals surface area contributed by atoms with E-state index in [0.29, 0.717) is 0 Å². The number of hydrogen-bond donors (Lipinski definition) is 2. The highest BCUT2D eigenvalue weighted by molar-refractivity contribution is 8.06. The van der Waals surface area contributed by atoms with Gasteiger partial charge >= 0.3 is 0 Å². The van der Waals surface area contributed by atoms with Gasteiger partial charge < -0.3 is 10.5 Å². The smallest absolute Gasteiger partial charge is 0.226 e. The van der Waals surface area contributed by atoms with Crippen molar-refractivity contribution in [3.05, 3.63) is 0 Å². The van der Waals surface area contributed by atoms with Crippen molar-refractivity contribution in [2.24, 2.45) is 5.73 Å². The molecule has 0 saturated carbocycles. The zero-order valence-electron chi connectivity index (χ0n) is 8.63. The van der Waals surface area contributed by atoms with Crippen LogP contribution in [0.1, 0.15) is 0 Å². The maximum absolute atomic E-state index is 11.3. The van der Waals surface area contributed by atoms with Gasteiger partial charge in [0.05, 0.1) is 12.6 Å². The van der Waals surface area contributed by atoms with Crippen molar-refractivity contribution in [3.63, 3.8) is 0 Å². The van der Waals surface area contributed by atoms with E-state index in [-0.39, 0.29) is 13.2 Å². The van der Waals surface area contributed by atoms with Crippen molar-refractivity contribution < 1.29 is 21.6 Å². The van der Waals surface area contributed by atoms with Gasteiger partial charge in [-0.25, -0.2) is 21.6 Å². The van der Waals surface area contributed by atoms with Gasteiger partial charge in [0.15, 0.2) is 14.9 Å². The largest absolute Gasteiger partial charge is 0.383 e. The van der Waals surface area contributed by atoms with Gasteiger partial charge in [-0.05, 0) is 0 Å². The van der Waals surface area contributed by atoms with Crippen molar-refractivity contribution in [2.45, 2.75) is 6.04 Å². The zero-order chi connectivity index (χ0) is 12.1. The Hall–Kier alpha value is -0.220. The van der Waals surface area contributed by atoms with Crippen LogP contribution >= 0.6 is 0 Å². The van der Waals surface area contributed by atoms with Crippen LogP contribution in [-0.4, -0.2) is 54.5 Å². The molecule has 0 aromatic carbocycles. The molecule has 0 amide bonds. The molecule has 0 spiro atoms. The summed E-state index contributed by atoms with van der Waals surface area (Å²) in [7, 11) is -6.06. The number of sulfonamides is 1. The third-order valence-electron chi connectivity index (χ3n) is 1.37. The van der Waals surface area contributed by atoms with Crippen molar-refractivity contribution in [3.8, 4) is 0 Å². The van der Waals surface area contributed by atoms with E-state index >= 15 is 0 Å². The Morgan fingerprint density at radius 1 is 1.33 bits per heavy atom. The van der Waals surface area contributed by atoms with E-state index in [9.17, 15) is 16.8 Å². The molecule has 0 saturated heterocycles. The van der Waals surface area contributed by atoms with Gasteiger partial charge in [0.1, 0.15) is 0 Å². The van der Waals surface area contributed by atoms with Crippen molar-refractivity contribution in [2.75, 3.05) is 31.6 Å². The first kappa shape index (κ1) is 14.8. The van der Waals surface area contributed by atoms with Crippen LogP contribution in [-0.2, 0) is 24.6 Å². The first-order valence-electron chi connectivity index (χ1n) is 4.07. The molecule has 9 heteroatoms. The summed E-state index contributed by atoms with van der Waals surface area (Å²) in [6.45, 7) is 0.135. The number of hydrogen-bond acceptors (Lipinski definition) is 6. The fourth-order valence-corrected chi connectivity index (χ4v) is 4.12. The number of ether oxygens (including phenoxy) is 1. The second-order valence-electron chi connectivity index (χ2n) is 3.16. The highest BCUT2D eigenvalue weighted by Gasteiger charge is 2.21. The zero-order valence-corrected chi connectivity index (χ0v) is 10.3. The second-order valence-corrected chi connectivity index (χ2v) is 7.42. The second kappa shape index (κ2) is 5.75. The Morgan fingerprint density at radius 3 is 2.20 bits per heavy atom. The number of rotatable bonds is 7. The molecule has 0 aromatic rings. The molecule has 0 aliphatic rings. The number of nitrogens with one attached hydrogen (secondary N) is 1.